The largest absolute Gasteiger partial charge is 0.456 e. The van der Waals surface area contributed by atoms with Crippen molar-refractivity contribution in [1.82, 2.24) is 36.4 Å². The van der Waals surface area contributed by atoms with Crippen molar-refractivity contribution >= 4 is 70.7 Å². The number of benzene rings is 2. The van der Waals surface area contributed by atoms with Crippen molar-refractivity contribution in [1.29, 1.82) is 0 Å². The van der Waals surface area contributed by atoms with E-state index < -0.39 is 90.3 Å². The Hall–Kier alpha value is -7.05. The van der Waals surface area contributed by atoms with Gasteiger partial charge in [-0.15, -0.1) is 0 Å². The van der Waals surface area contributed by atoms with E-state index >= 15 is 0 Å². The van der Waals surface area contributed by atoms with Gasteiger partial charge in [0, 0.05) is 61.7 Å². The average Bonchev–Trinajstić information content (AvgIpc) is 1.64. The topological polar surface area (TPSA) is 293 Å². The number of cyclic esters (lactones) is 2. The third-order valence-electron chi connectivity index (χ3n) is 15.5. The van der Waals surface area contributed by atoms with Crippen LogP contribution in [0.4, 0.5) is 0 Å². The summed E-state index contributed by atoms with van der Waals surface area (Å²) in [5.41, 5.74) is 2.62. The summed E-state index contributed by atoms with van der Waals surface area (Å²) in [5.74, 6) is -6.13. The van der Waals surface area contributed by atoms with Gasteiger partial charge >= 0.3 is 11.9 Å². The summed E-state index contributed by atoms with van der Waals surface area (Å²) < 4.78 is 34.1. The van der Waals surface area contributed by atoms with Crippen molar-refractivity contribution in [3.05, 3.63) is 93.5 Å². The van der Waals surface area contributed by atoms with Gasteiger partial charge < -0.3 is 64.8 Å². The number of rotatable bonds is 29. The lowest BCUT2D eigenvalue weighted by Gasteiger charge is -2.34. The van der Waals surface area contributed by atoms with Crippen LogP contribution in [0.15, 0.2) is 71.8 Å². The number of nitrogens with one attached hydrogen (secondary N) is 5. The fourth-order valence-corrected chi connectivity index (χ4v) is 9.73. The molecular weight excluding hydrogens is 1190 g/mol. The van der Waals surface area contributed by atoms with Gasteiger partial charge in [0.05, 0.1) is 59.4 Å². The fourth-order valence-electron chi connectivity index (χ4n) is 9.60. The van der Waals surface area contributed by atoms with Gasteiger partial charge in [-0.05, 0) is 126 Å². The third-order valence-corrected chi connectivity index (χ3v) is 15.8. The number of esters is 2. The van der Waals surface area contributed by atoms with Crippen molar-refractivity contribution in [3.8, 4) is 0 Å². The van der Waals surface area contributed by atoms with Crippen LogP contribution >= 0.6 is 11.6 Å². The van der Waals surface area contributed by atoms with Crippen LogP contribution in [0.5, 0.6) is 0 Å². The van der Waals surface area contributed by atoms with Crippen LogP contribution in [0, 0.1) is 17.8 Å². The molecule has 0 radical (unpaired) electrons. The third kappa shape index (κ3) is 29.0. The average molecular weight is 1300 g/mol. The molecule has 5 N–H and O–H groups in total. The summed E-state index contributed by atoms with van der Waals surface area (Å²) in [6.07, 6.45) is 3.77. The van der Waals surface area contributed by atoms with Crippen molar-refractivity contribution in [2.45, 2.75) is 163 Å². The second-order valence-electron chi connectivity index (χ2n) is 23.5. The first-order valence-electron chi connectivity index (χ1n) is 31.6. The highest BCUT2D eigenvalue weighted by Gasteiger charge is 2.37. The van der Waals surface area contributed by atoms with Gasteiger partial charge in [-0.25, -0.2) is 9.59 Å². The first-order chi connectivity index (χ1) is 43.3. The Morgan fingerprint density at radius 3 is 1.95 bits per heavy atom. The molecule has 1 heterocycles. The number of nitrogens with zero attached hydrogens (tertiary/aromatic N) is 2. The Labute approximate surface area is 542 Å². The van der Waals surface area contributed by atoms with E-state index in [1.54, 1.807) is 68.5 Å². The molecule has 23 nitrogen and oxygen atoms in total. The molecule has 0 fully saturated rings. The zero-order chi connectivity index (χ0) is 67.6. The molecule has 2 aromatic rings. The molecule has 0 bridgehead atoms. The quantitative estimate of drug-likeness (QED) is 0.0259. The fraction of sp³-hybridized carbons (Fsp3) is 0.612. The van der Waals surface area contributed by atoms with E-state index in [1.165, 1.54) is 32.8 Å². The summed E-state index contributed by atoms with van der Waals surface area (Å²) in [5, 5.41) is 14.4. The molecule has 7 amide bonds. The minimum absolute atomic E-state index is 0.0339. The number of amides is 7. The Morgan fingerprint density at radius 2 is 1.35 bits per heavy atom. The smallest absolute Gasteiger partial charge is 0.334 e. The molecule has 0 aromatic heterocycles. The normalized spacial score (nSPS) is 21.8. The Kier molecular flexibility index (Phi) is 36.2. The van der Waals surface area contributed by atoms with Crippen molar-refractivity contribution in [2.24, 2.45) is 17.8 Å². The molecule has 91 heavy (non-hydrogen) atoms. The number of allylic oxidation sites excluding steroid dienone is 2. The molecule has 1 aliphatic heterocycles. The second kappa shape index (κ2) is 42.2. The highest BCUT2D eigenvalue weighted by molar-refractivity contribution is 6.30. The first kappa shape index (κ1) is 78.2. The molecule has 0 spiro atoms. The standard InChI is InChI=1S/C67H100ClN7O16/c1-13-44(5)59-63(81)71-48(9)67(85)91-60(45(6)14-2)46(7)18-17-19-47(8)66(84)90-56(40-43(3)4)62(80)72-54(64(82)75(12)55(41-50-21-27-53(68)28-22-50)65(83)74(11)42-58(78)73-59)20-15-16-30-69-57(77)29-32-86-34-36-88-38-39-89-37-35-87-33-31-70-61(79)52-25-23-51(24-26-52)49(10)76/h14,19,21-28,43-44,46,48,54-56,59-60H,13,15-18,20,29-42H2,1-12H3,(H,69,77)(H,70,79)(H,71,81)(H,72,80)(H,73,78)/b45-14+,47-19+/t44-,46+,48-,54+,55-,56-,59+,60-/m1/s1. The van der Waals surface area contributed by atoms with Crippen LogP contribution in [0.2, 0.25) is 5.02 Å². The Bertz CT molecular complexity index is 2740. The van der Waals surface area contributed by atoms with Crippen molar-refractivity contribution in [2.75, 3.05) is 86.6 Å². The summed E-state index contributed by atoms with van der Waals surface area (Å²) >= 11 is 6.24. The van der Waals surface area contributed by atoms with E-state index in [9.17, 15) is 47.9 Å². The number of halogens is 1. The Morgan fingerprint density at radius 1 is 0.747 bits per heavy atom. The number of carbonyl (C=O) groups is 10. The minimum Gasteiger partial charge on any atom is -0.456 e. The maximum atomic E-state index is 15.0. The predicted octanol–water partition coefficient (Wildman–Crippen LogP) is 6.28. The summed E-state index contributed by atoms with van der Waals surface area (Å²) in [7, 11) is 2.83. The van der Waals surface area contributed by atoms with Crippen LogP contribution in [0.25, 0.3) is 0 Å². The molecule has 506 valence electrons. The zero-order valence-electron chi connectivity index (χ0n) is 55.4. The number of hydrogen-bond acceptors (Lipinski definition) is 16. The molecule has 0 saturated heterocycles. The SMILES string of the molecule is C/C=C(\C)[C@H]1OC(=O)[C@@H](C)NC(=O)[C@H]([C@H](C)CC)NC(=O)CN(C)C(=O)[C@@H](Cc2ccc(Cl)cc2)N(C)C(=O)[C@H](CCCCNC(=O)CCOCCOCCOCCOCCNC(=O)c2ccc(C(C)=O)cc2)NC(=O)[C@@H](CC(C)C)OC(=O)/C(C)=C/CC[C@@H]1C. The maximum Gasteiger partial charge on any atom is 0.334 e. The number of ether oxygens (including phenoxy) is 6. The van der Waals surface area contributed by atoms with Crippen LogP contribution < -0.4 is 26.6 Å². The molecule has 0 saturated carbocycles. The summed E-state index contributed by atoms with van der Waals surface area (Å²) in [6, 6.07) is 8.40. The monoisotopic (exact) mass is 1290 g/mol. The van der Waals surface area contributed by atoms with E-state index in [1.807, 2.05) is 47.6 Å². The zero-order valence-corrected chi connectivity index (χ0v) is 56.2. The molecule has 3 rings (SSSR count). The lowest BCUT2D eigenvalue weighted by molar-refractivity contribution is -0.154. The molecule has 0 unspecified atom stereocenters. The van der Waals surface area contributed by atoms with Gasteiger partial charge in [-0.2, -0.15) is 0 Å². The molecule has 8 atom stereocenters. The number of carbonyl (C=O) groups excluding carboxylic acids is 10. The van der Waals surface area contributed by atoms with Gasteiger partial charge in [0.25, 0.3) is 11.8 Å². The van der Waals surface area contributed by atoms with E-state index in [0.717, 1.165) is 10.5 Å². The number of likely N-dealkylation sites (N-methyl/N-ethyl adjacent to an activating group) is 2. The van der Waals surface area contributed by atoms with Gasteiger partial charge in [0.2, 0.25) is 29.5 Å². The number of hydrogen-bond donors (Lipinski definition) is 5. The van der Waals surface area contributed by atoms with E-state index in [-0.39, 0.29) is 87.1 Å². The molecule has 2 aromatic carbocycles. The first-order valence-corrected chi connectivity index (χ1v) is 32.0. The van der Waals surface area contributed by atoms with Crippen molar-refractivity contribution in [3.63, 3.8) is 0 Å². The lowest BCUT2D eigenvalue weighted by Crippen LogP contribution is -2.58. The van der Waals surface area contributed by atoms with Gasteiger partial charge in [0.15, 0.2) is 11.9 Å². The van der Waals surface area contributed by atoms with Crippen LogP contribution in [-0.2, 0) is 73.2 Å². The van der Waals surface area contributed by atoms with Gasteiger partial charge in [-0.3, -0.25) is 38.4 Å². The van der Waals surface area contributed by atoms with E-state index in [0.29, 0.717) is 93.4 Å². The van der Waals surface area contributed by atoms with Gasteiger partial charge in [0.1, 0.15) is 30.3 Å². The molecule has 0 aliphatic carbocycles. The van der Waals surface area contributed by atoms with E-state index in [2.05, 4.69) is 26.6 Å². The highest BCUT2D eigenvalue weighted by Crippen LogP contribution is 2.24. The summed E-state index contributed by atoms with van der Waals surface area (Å²) in [6.45, 7) is 19.8. The highest BCUT2D eigenvalue weighted by atomic mass is 35.5. The van der Waals surface area contributed by atoms with Crippen LogP contribution in [0.1, 0.15) is 147 Å². The molecule has 24 heteroatoms. The van der Waals surface area contributed by atoms with Gasteiger partial charge in [-0.1, -0.05) is 89.1 Å². The summed E-state index contributed by atoms with van der Waals surface area (Å²) in [4.78, 5) is 138. The molecule has 1 aliphatic rings. The Balaban J connectivity index is 1.71. The number of unbranched alkanes of at least 4 members (excludes halogenated alkanes) is 1. The maximum absolute atomic E-state index is 15.0. The lowest BCUT2D eigenvalue weighted by atomic mass is 9.93. The number of Topliss-reactive ketones (excluding diaryl/α,β-unsaturated/α-hetero) is 1. The second-order valence-corrected chi connectivity index (χ2v) is 23.9. The van der Waals surface area contributed by atoms with Crippen LogP contribution in [0.3, 0.4) is 0 Å². The van der Waals surface area contributed by atoms with E-state index in [4.69, 9.17) is 40.0 Å². The molecular formula is C67H100ClN7O16. The predicted molar refractivity (Wildman–Crippen MR) is 345 cm³/mol. The van der Waals surface area contributed by atoms with Crippen molar-refractivity contribution < 1.29 is 76.4 Å². The number of ketones is 1. The van der Waals surface area contributed by atoms with Crippen LogP contribution in [-0.4, -0.2) is 192 Å². The minimum atomic E-state index is -1.32.